The molecule has 4 rings (SSSR count). The van der Waals surface area contributed by atoms with E-state index in [1.54, 1.807) is 12.3 Å². The number of aromatic nitrogens is 2. The fourth-order valence-electron chi connectivity index (χ4n) is 2.85. The Bertz CT molecular complexity index is 946. The van der Waals surface area contributed by atoms with Gasteiger partial charge < -0.3 is 15.0 Å². The van der Waals surface area contributed by atoms with Crippen LogP contribution in [0.15, 0.2) is 48.8 Å². The van der Waals surface area contributed by atoms with Crippen LogP contribution in [-0.2, 0) is 0 Å². The summed E-state index contributed by atoms with van der Waals surface area (Å²) in [5.41, 5.74) is 2.38. The van der Waals surface area contributed by atoms with E-state index in [-0.39, 0.29) is 0 Å². The summed E-state index contributed by atoms with van der Waals surface area (Å²) in [6, 6.07) is 11.4. The highest BCUT2D eigenvalue weighted by Crippen LogP contribution is 2.30. The van der Waals surface area contributed by atoms with Gasteiger partial charge in [-0.2, -0.15) is 0 Å². The maximum absolute atomic E-state index is 9.59. The fourth-order valence-corrected chi connectivity index (χ4v) is 2.85. The SMILES string of the molecule is OB(O)c1cc2[nH]c3ccncc3c2c2ccccc12. The molecule has 20 heavy (non-hydrogen) atoms. The molecule has 0 saturated heterocycles. The molecule has 4 nitrogen and oxygen atoms in total. The molecule has 2 heterocycles. The van der Waals surface area contributed by atoms with Gasteiger partial charge in [0.25, 0.3) is 0 Å². The summed E-state index contributed by atoms with van der Waals surface area (Å²) in [5, 5.41) is 23.1. The molecular weight excluding hydrogens is 251 g/mol. The minimum absolute atomic E-state index is 0.507. The number of rotatable bonds is 1. The average molecular weight is 262 g/mol. The van der Waals surface area contributed by atoms with Crippen LogP contribution in [0.4, 0.5) is 0 Å². The molecular formula is C15H11BN2O2. The van der Waals surface area contributed by atoms with Crippen molar-refractivity contribution in [1.29, 1.82) is 0 Å². The summed E-state index contributed by atoms with van der Waals surface area (Å²) in [7, 11) is -1.49. The molecule has 0 aliphatic rings. The first-order chi connectivity index (χ1) is 9.75. The van der Waals surface area contributed by atoms with Crippen LogP contribution < -0.4 is 5.46 Å². The Morgan fingerprint density at radius 2 is 1.75 bits per heavy atom. The van der Waals surface area contributed by atoms with Gasteiger partial charge in [-0.3, -0.25) is 4.98 Å². The zero-order chi connectivity index (χ0) is 13.7. The van der Waals surface area contributed by atoms with Crippen LogP contribution in [0.1, 0.15) is 0 Å². The van der Waals surface area contributed by atoms with Gasteiger partial charge in [0.1, 0.15) is 0 Å². The van der Waals surface area contributed by atoms with Gasteiger partial charge in [-0.15, -0.1) is 0 Å². The summed E-state index contributed by atoms with van der Waals surface area (Å²) < 4.78 is 0. The lowest BCUT2D eigenvalue weighted by Crippen LogP contribution is -2.30. The molecule has 0 atom stereocenters. The van der Waals surface area contributed by atoms with Crippen LogP contribution in [0.2, 0.25) is 0 Å². The predicted molar refractivity (Wildman–Crippen MR) is 80.9 cm³/mol. The fraction of sp³-hybridized carbons (Fsp3) is 0. The number of hydrogen-bond acceptors (Lipinski definition) is 3. The van der Waals surface area contributed by atoms with Crippen molar-refractivity contribution >= 4 is 45.2 Å². The number of nitrogens with zero attached hydrogens (tertiary/aromatic N) is 1. The van der Waals surface area contributed by atoms with Crippen LogP contribution in [0.5, 0.6) is 0 Å². The molecule has 0 aliphatic carbocycles. The third-order valence-corrected chi connectivity index (χ3v) is 3.71. The maximum atomic E-state index is 9.59. The van der Waals surface area contributed by atoms with E-state index in [1.165, 1.54) is 0 Å². The first-order valence-electron chi connectivity index (χ1n) is 6.39. The molecule has 0 amide bonds. The monoisotopic (exact) mass is 262 g/mol. The zero-order valence-electron chi connectivity index (χ0n) is 10.5. The second kappa shape index (κ2) is 4.06. The van der Waals surface area contributed by atoms with Gasteiger partial charge >= 0.3 is 7.12 Å². The normalized spacial score (nSPS) is 11.5. The van der Waals surface area contributed by atoms with Crippen LogP contribution >= 0.6 is 0 Å². The molecule has 2 aromatic heterocycles. The number of aromatic amines is 1. The Morgan fingerprint density at radius 1 is 0.950 bits per heavy atom. The molecule has 96 valence electrons. The lowest BCUT2D eigenvalue weighted by atomic mass is 9.76. The summed E-state index contributed by atoms with van der Waals surface area (Å²) in [6.45, 7) is 0. The van der Waals surface area contributed by atoms with E-state index in [2.05, 4.69) is 9.97 Å². The van der Waals surface area contributed by atoms with E-state index in [0.29, 0.717) is 5.46 Å². The Kier molecular flexibility index (Phi) is 2.33. The molecule has 5 heteroatoms. The van der Waals surface area contributed by atoms with Gasteiger partial charge in [0.05, 0.1) is 0 Å². The Labute approximate surface area is 114 Å². The van der Waals surface area contributed by atoms with Crippen molar-refractivity contribution in [2.45, 2.75) is 0 Å². The second-order valence-corrected chi connectivity index (χ2v) is 4.85. The molecule has 0 saturated carbocycles. The third kappa shape index (κ3) is 1.48. The highest BCUT2D eigenvalue weighted by atomic mass is 16.4. The van der Waals surface area contributed by atoms with Crippen molar-refractivity contribution in [2.75, 3.05) is 0 Å². The van der Waals surface area contributed by atoms with Crippen molar-refractivity contribution in [1.82, 2.24) is 9.97 Å². The van der Waals surface area contributed by atoms with E-state index in [0.717, 1.165) is 32.6 Å². The zero-order valence-corrected chi connectivity index (χ0v) is 10.5. The third-order valence-electron chi connectivity index (χ3n) is 3.71. The smallest absolute Gasteiger partial charge is 0.423 e. The predicted octanol–water partition coefficient (Wildman–Crippen LogP) is 1.55. The minimum Gasteiger partial charge on any atom is -0.423 e. The lowest BCUT2D eigenvalue weighted by molar-refractivity contribution is 0.426. The highest BCUT2D eigenvalue weighted by Gasteiger charge is 2.18. The second-order valence-electron chi connectivity index (χ2n) is 4.85. The van der Waals surface area contributed by atoms with E-state index < -0.39 is 7.12 Å². The summed E-state index contributed by atoms with van der Waals surface area (Å²) in [4.78, 5) is 7.48. The van der Waals surface area contributed by atoms with Gasteiger partial charge in [0, 0.05) is 34.2 Å². The number of hydrogen-bond donors (Lipinski definition) is 3. The lowest BCUT2D eigenvalue weighted by Gasteiger charge is -2.07. The van der Waals surface area contributed by atoms with Crippen LogP contribution in [-0.4, -0.2) is 27.1 Å². The minimum atomic E-state index is -1.49. The maximum Gasteiger partial charge on any atom is 0.489 e. The summed E-state index contributed by atoms with van der Waals surface area (Å²) in [5.74, 6) is 0. The van der Waals surface area contributed by atoms with Gasteiger partial charge in [-0.1, -0.05) is 24.3 Å². The van der Waals surface area contributed by atoms with E-state index in [1.807, 2.05) is 36.5 Å². The Hall–Kier alpha value is -2.37. The topological polar surface area (TPSA) is 69.1 Å². The number of fused-ring (bicyclic) bond motifs is 5. The molecule has 0 radical (unpaired) electrons. The quantitative estimate of drug-likeness (QED) is 0.456. The molecule has 0 aliphatic heterocycles. The number of benzene rings is 2. The molecule has 3 N–H and O–H groups in total. The summed E-state index contributed by atoms with van der Waals surface area (Å²) >= 11 is 0. The van der Waals surface area contributed by atoms with Crippen molar-refractivity contribution < 1.29 is 10.0 Å². The van der Waals surface area contributed by atoms with Crippen molar-refractivity contribution in [2.24, 2.45) is 0 Å². The molecule has 0 unspecified atom stereocenters. The summed E-state index contributed by atoms with van der Waals surface area (Å²) in [6.07, 6.45) is 3.57. The first-order valence-corrected chi connectivity index (χ1v) is 6.39. The first kappa shape index (κ1) is 11.5. The Morgan fingerprint density at radius 3 is 2.55 bits per heavy atom. The van der Waals surface area contributed by atoms with Gasteiger partial charge in [-0.05, 0) is 28.4 Å². The number of nitrogens with one attached hydrogen (secondary N) is 1. The molecule has 0 fully saturated rings. The molecule has 2 aromatic carbocycles. The van der Waals surface area contributed by atoms with E-state index >= 15 is 0 Å². The van der Waals surface area contributed by atoms with E-state index in [9.17, 15) is 10.0 Å². The van der Waals surface area contributed by atoms with Crippen LogP contribution in [0.25, 0.3) is 32.6 Å². The van der Waals surface area contributed by atoms with Crippen LogP contribution in [0.3, 0.4) is 0 Å². The Balaban J connectivity index is 2.31. The number of H-pyrrole nitrogens is 1. The number of pyridine rings is 1. The molecule has 4 aromatic rings. The van der Waals surface area contributed by atoms with Gasteiger partial charge in [0.15, 0.2) is 0 Å². The van der Waals surface area contributed by atoms with Crippen molar-refractivity contribution in [3.8, 4) is 0 Å². The average Bonchev–Trinajstić information content (AvgIpc) is 2.84. The van der Waals surface area contributed by atoms with E-state index in [4.69, 9.17) is 0 Å². The van der Waals surface area contributed by atoms with Gasteiger partial charge in [0.2, 0.25) is 0 Å². The van der Waals surface area contributed by atoms with Crippen molar-refractivity contribution in [3.63, 3.8) is 0 Å². The van der Waals surface area contributed by atoms with Crippen LogP contribution in [0, 0.1) is 0 Å². The standard InChI is InChI=1S/C15H11BN2O2/c19-16(20)12-7-14-15(10-4-2-1-3-9(10)12)11-8-17-6-5-13(11)18-14/h1-8,18-20H. The highest BCUT2D eigenvalue weighted by molar-refractivity contribution is 6.62. The van der Waals surface area contributed by atoms with Gasteiger partial charge in [-0.25, -0.2) is 0 Å². The molecule has 0 bridgehead atoms. The van der Waals surface area contributed by atoms with Crippen molar-refractivity contribution in [3.05, 3.63) is 48.8 Å². The largest absolute Gasteiger partial charge is 0.489 e. The molecule has 0 spiro atoms.